The molecular weight excluding hydrogens is 470 g/mol. The number of Topliss-reactive ketones (excluding diaryl/α,β-unsaturated/α-hetero) is 1. The van der Waals surface area contributed by atoms with Gasteiger partial charge in [0.05, 0.1) is 18.9 Å². The van der Waals surface area contributed by atoms with Crippen LogP contribution in [0.5, 0.6) is 11.5 Å². The van der Waals surface area contributed by atoms with Crippen LogP contribution < -0.4 is 14.4 Å². The largest absolute Gasteiger partial charge is 0.507 e. The van der Waals surface area contributed by atoms with Crippen molar-refractivity contribution in [3.63, 3.8) is 0 Å². The van der Waals surface area contributed by atoms with Gasteiger partial charge >= 0.3 is 0 Å². The third-order valence-corrected chi connectivity index (χ3v) is 6.29. The fourth-order valence-corrected chi connectivity index (χ4v) is 4.41. The lowest BCUT2D eigenvalue weighted by atomic mass is 9.98. The van der Waals surface area contributed by atoms with Gasteiger partial charge in [0.15, 0.2) is 0 Å². The van der Waals surface area contributed by atoms with E-state index in [0.717, 1.165) is 11.1 Å². The van der Waals surface area contributed by atoms with E-state index in [9.17, 15) is 14.7 Å². The molecule has 0 aliphatic carbocycles. The second kappa shape index (κ2) is 10.1. The van der Waals surface area contributed by atoms with Gasteiger partial charge < -0.3 is 19.0 Å². The summed E-state index contributed by atoms with van der Waals surface area (Å²) in [5, 5.41) is 11.3. The summed E-state index contributed by atoms with van der Waals surface area (Å²) in [7, 11) is 1.55. The molecule has 4 aromatic rings. The first-order valence-electron chi connectivity index (χ1n) is 11.7. The third-order valence-electron chi connectivity index (χ3n) is 6.29. The van der Waals surface area contributed by atoms with Crippen LogP contribution in [0, 0.1) is 6.92 Å². The Labute approximate surface area is 214 Å². The number of aliphatic hydroxyl groups is 1. The molecule has 7 nitrogen and oxygen atoms in total. The van der Waals surface area contributed by atoms with Crippen molar-refractivity contribution in [2.24, 2.45) is 0 Å². The SMILES string of the molecule is COc1ccc(N2C(=O)C(=O)/C(=C(\O)c3ccc(OCc4ccccc4)c(C)c3)C2c2ccco2)cc1. The molecule has 1 fully saturated rings. The van der Waals surface area contributed by atoms with E-state index in [1.54, 1.807) is 61.7 Å². The van der Waals surface area contributed by atoms with Crippen molar-refractivity contribution in [2.75, 3.05) is 12.0 Å². The Balaban J connectivity index is 1.52. The number of methoxy groups -OCH3 is 1. The molecule has 1 atom stereocenters. The number of ketones is 1. The molecule has 1 aromatic heterocycles. The van der Waals surface area contributed by atoms with Crippen molar-refractivity contribution in [3.8, 4) is 11.5 Å². The summed E-state index contributed by atoms with van der Waals surface area (Å²) in [6.45, 7) is 2.26. The molecule has 0 bridgehead atoms. The summed E-state index contributed by atoms with van der Waals surface area (Å²) < 4.78 is 16.8. The highest BCUT2D eigenvalue weighted by molar-refractivity contribution is 6.51. The van der Waals surface area contributed by atoms with Crippen LogP contribution in [0.4, 0.5) is 5.69 Å². The summed E-state index contributed by atoms with van der Waals surface area (Å²) in [4.78, 5) is 27.8. The number of ether oxygens (including phenoxy) is 2. The number of carbonyl (C=O) groups excluding carboxylic acids is 2. The van der Waals surface area contributed by atoms with Crippen LogP contribution in [0.2, 0.25) is 0 Å². The lowest BCUT2D eigenvalue weighted by Crippen LogP contribution is -2.29. The fourth-order valence-electron chi connectivity index (χ4n) is 4.41. The Morgan fingerprint density at radius 2 is 1.73 bits per heavy atom. The minimum atomic E-state index is -0.933. The van der Waals surface area contributed by atoms with Gasteiger partial charge in [-0.15, -0.1) is 0 Å². The smallest absolute Gasteiger partial charge is 0.300 e. The topological polar surface area (TPSA) is 89.2 Å². The van der Waals surface area contributed by atoms with Gasteiger partial charge in [0.1, 0.15) is 35.7 Å². The fraction of sp³-hybridized carbons (Fsp3) is 0.133. The number of benzene rings is 3. The number of rotatable bonds is 7. The van der Waals surface area contributed by atoms with Gasteiger partial charge in [-0.25, -0.2) is 0 Å². The Kier molecular flexibility index (Phi) is 6.51. The maximum absolute atomic E-state index is 13.2. The quantitative estimate of drug-likeness (QED) is 0.198. The predicted molar refractivity (Wildman–Crippen MR) is 138 cm³/mol. The molecule has 1 saturated heterocycles. The van der Waals surface area contributed by atoms with Gasteiger partial charge in [-0.3, -0.25) is 14.5 Å². The molecular formula is C30H25NO6. The first-order valence-corrected chi connectivity index (χ1v) is 11.7. The molecule has 3 aromatic carbocycles. The zero-order valence-corrected chi connectivity index (χ0v) is 20.4. The maximum Gasteiger partial charge on any atom is 0.300 e. The number of aliphatic hydroxyl groups excluding tert-OH is 1. The Bertz CT molecular complexity index is 1460. The van der Waals surface area contributed by atoms with Gasteiger partial charge in [0, 0.05) is 11.3 Å². The summed E-state index contributed by atoms with van der Waals surface area (Å²) in [5.41, 5.74) is 2.64. The van der Waals surface area contributed by atoms with Crippen LogP contribution in [0.3, 0.4) is 0 Å². The second-order valence-electron chi connectivity index (χ2n) is 8.64. The summed E-state index contributed by atoms with van der Waals surface area (Å²) in [5.74, 6) is -0.212. The van der Waals surface area contributed by atoms with E-state index >= 15 is 0 Å². The van der Waals surface area contributed by atoms with Crippen LogP contribution in [-0.4, -0.2) is 23.9 Å². The van der Waals surface area contributed by atoms with E-state index in [4.69, 9.17) is 13.9 Å². The average molecular weight is 496 g/mol. The van der Waals surface area contributed by atoms with Crippen LogP contribution >= 0.6 is 0 Å². The first kappa shape index (κ1) is 23.9. The molecule has 37 heavy (non-hydrogen) atoms. The van der Waals surface area contributed by atoms with Crippen molar-refractivity contribution in [2.45, 2.75) is 19.6 Å². The molecule has 1 amide bonds. The van der Waals surface area contributed by atoms with E-state index in [2.05, 4.69) is 0 Å². The Morgan fingerprint density at radius 1 is 0.973 bits per heavy atom. The van der Waals surface area contributed by atoms with E-state index in [1.165, 1.54) is 11.2 Å². The Morgan fingerprint density at radius 3 is 2.38 bits per heavy atom. The zero-order valence-electron chi connectivity index (χ0n) is 20.4. The zero-order chi connectivity index (χ0) is 25.9. The van der Waals surface area contributed by atoms with Crippen LogP contribution in [0.15, 0.2) is 101 Å². The highest BCUT2D eigenvalue weighted by Gasteiger charge is 2.48. The lowest BCUT2D eigenvalue weighted by molar-refractivity contribution is -0.132. The molecule has 0 saturated carbocycles. The maximum atomic E-state index is 13.2. The van der Waals surface area contributed by atoms with Crippen molar-refractivity contribution in [3.05, 3.63) is 119 Å². The molecule has 0 spiro atoms. The van der Waals surface area contributed by atoms with Gasteiger partial charge in [-0.2, -0.15) is 0 Å². The second-order valence-corrected chi connectivity index (χ2v) is 8.64. The molecule has 2 heterocycles. The minimum absolute atomic E-state index is 0.0480. The number of nitrogens with zero attached hydrogens (tertiary/aromatic N) is 1. The monoisotopic (exact) mass is 495 g/mol. The number of furan rings is 1. The summed E-state index contributed by atoms with van der Waals surface area (Å²) in [6, 6.07) is 24.1. The van der Waals surface area contributed by atoms with Gasteiger partial charge in [0.25, 0.3) is 11.7 Å². The molecule has 7 heteroatoms. The normalized spacial score (nSPS) is 16.7. The number of hydrogen-bond acceptors (Lipinski definition) is 6. The molecule has 0 radical (unpaired) electrons. The standard InChI is InChI=1S/C30H25NO6/c1-19-17-21(10-15-24(19)37-18-20-7-4-3-5-8-20)28(32)26-27(25-9-6-16-36-25)31(30(34)29(26)33)22-11-13-23(35-2)14-12-22/h3-17,27,32H,18H2,1-2H3/b28-26-. The molecule has 1 aliphatic heterocycles. The van der Waals surface area contributed by atoms with E-state index in [1.807, 2.05) is 37.3 Å². The van der Waals surface area contributed by atoms with Crippen molar-refractivity contribution in [1.82, 2.24) is 0 Å². The number of anilines is 1. The van der Waals surface area contributed by atoms with E-state index in [-0.39, 0.29) is 11.3 Å². The number of carbonyl (C=O) groups is 2. The van der Waals surface area contributed by atoms with Gasteiger partial charge in [-0.05, 0) is 72.6 Å². The molecule has 1 aliphatic rings. The lowest BCUT2D eigenvalue weighted by Gasteiger charge is -2.23. The molecule has 5 rings (SSSR count). The van der Waals surface area contributed by atoms with Crippen LogP contribution in [-0.2, 0) is 16.2 Å². The molecule has 186 valence electrons. The number of aryl methyl sites for hydroxylation is 1. The van der Waals surface area contributed by atoms with Gasteiger partial charge in [0.2, 0.25) is 0 Å². The van der Waals surface area contributed by atoms with E-state index in [0.29, 0.717) is 35.1 Å². The van der Waals surface area contributed by atoms with Crippen molar-refractivity contribution < 1.29 is 28.6 Å². The predicted octanol–water partition coefficient (Wildman–Crippen LogP) is 5.80. The van der Waals surface area contributed by atoms with Crippen molar-refractivity contribution in [1.29, 1.82) is 0 Å². The number of amides is 1. The van der Waals surface area contributed by atoms with Crippen molar-refractivity contribution >= 4 is 23.1 Å². The highest BCUT2D eigenvalue weighted by Crippen LogP contribution is 2.42. The summed E-state index contributed by atoms with van der Waals surface area (Å²) >= 11 is 0. The first-order chi connectivity index (χ1) is 18.0. The van der Waals surface area contributed by atoms with Gasteiger partial charge in [-0.1, -0.05) is 30.3 Å². The summed E-state index contributed by atoms with van der Waals surface area (Å²) in [6.07, 6.45) is 1.46. The average Bonchev–Trinajstić information content (AvgIpc) is 3.55. The number of hydrogen-bond donors (Lipinski definition) is 1. The highest BCUT2D eigenvalue weighted by atomic mass is 16.5. The van der Waals surface area contributed by atoms with Crippen LogP contribution in [0.1, 0.15) is 28.5 Å². The third kappa shape index (κ3) is 4.59. The minimum Gasteiger partial charge on any atom is -0.507 e. The molecule has 1 N–H and O–H groups in total. The molecule has 1 unspecified atom stereocenters. The van der Waals surface area contributed by atoms with Crippen LogP contribution in [0.25, 0.3) is 5.76 Å². The Hall–Kier alpha value is -4.78. The van der Waals surface area contributed by atoms with E-state index < -0.39 is 17.7 Å².